The van der Waals surface area contributed by atoms with Crippen molar-refractivity contribution in [3.05, 3.63) is 63.8 Å². The Morgan fingerprint density at radius 1 is 1.04 bits per heavy atom. The molecular weight excluding hydrogens is 363 g/mol. The van der Waals surface area contributed by atoms with Crippen LogP contribution in [0.2, 0.25) is 5.02 Å². The van der Waals surface area contributed by atoms with Crippen molar-refractivity contribution in [3.8, 4) is 5.75 Å². The summed E-state index contributed by atoms with van der Waals surface area (Å²) in [5, 5.41) is 3.14. The lowest BCUT2D eigenvalue weighted by Gasteiger charge is -2.18. The predicted molar refractivity (Wildman–Crippen MR) is 98.2 cm³/mol. The van der Waals surface area contributed by atoms with E-state index in [2.05, 4.69) is 5.32 Å². The summed E-state index contributed by atoms with van der Waals surface area (Å²) in [6.07, 6.45) is 0. The SMILES string of the molecule is COc1ccc(Cl)cc1N1C(=O)C(Cl)=C(Nc2ccccc2C)C1=O. The number of para-hydroxylation sites is 1. The van der Waals surface area contributed by atoms with Crippen molar-refractivity contribution < 1.29 is 14.3 Å². The molecule has 0 fully saturated rings. The highest BCUT2D eigenvalue weighted by Crippen LogP contribution is 2.37. The largest absolute Gasteiger partial charge is 0.495 e. The fourth-order valence-electron chi connectivity index (χ4n) is 2.52. The normalized spacial score (nSPS) is 14.3. The Hall–Kier alpha value is -2.50. The first-order valence-corrected chi connectivity index (χ1v) is 8.14. The molecule has 3 rings (SSSR count). The monoisotopic (exact) mass is 376 g/mol. The summed E-state index contributed by atoms with van der Waals surface area (Å²) in [6.45, 7) is 1.88. The van der Waals surface area contributed by atoms with Gasteiger partial charge in [-0.3, -0.25) is 9.59 Å². The maximum Gasteiger partial charge on any atom is 0.283 e. The Morgan fingerprint density at radius 2 is 1.76 bits per heavy atom. The highest BCUT2D eigenvalue weighted by atomic mass is 35.5. The smallest absolute Gasteiger partial charge is 0.283 e. The first kappa shape index (κ1) is 17.3. The molecule has 1 N–H and O–H groups in total. The molecule has 0 aromatic heterocycles. The Bertz CT molecular complexity index is 909. The van der Waals surface area contributed by atoms with Crippen LogP contribution in [0.3, 0.4) is 0 Å². The molecule has 1 aliphatic heterocycles. The van der Waals surface area contributed by atoms with Gasteiger partial charge in [-0.15, -0.1) is 0 Å². The number of benzene rings is 2. The summed E-state index contributed by atoms with van der Waals surface area (Å²) in [7, 11) is 1.44. The van der Waals surface area contributed by atoms with Crippen molar-refractivity contribution in [1.82, 2.24) is 0 Å². The Labute approximate surface area is 154 Å². The van der Waals surface area contributed by atoms with Crippen LogP contribution in [0, 0.1) is 6.92 Å². The fourth-order valence-corrected chi connectivity index (χ4v) is 2.89. The van der Waals surface area contributed by atoms with Crippen molar-refractivity contribution in [2.24, 2.45) is 0 Å². The summed E-state index contributed by atoms with van der Waals surface area (Å²) in [4.78, 5) is 26.3. The van der Waals surface area contributed by atoms with Gasteiger partial charge in [0.05, 0.1) is 12.8 Å². The molecule has 5 nitrogen and oxygen atoms in total. The van der Waals surface area contributed by atoms with Gasteiger partial charge in [-0.1, -0.05) is 41.4 Å². The number of halogens is 2. The van der Waals surface area contributed by atoms with E-state index in [0.717, 1.165) is 10.5 Å². The zero-order valence-electron chi connectivity index (χ0n) is 13.5. The standard InChI is InChI=1S/C18H14Cl2N2O3/c1-10-5-3-4-6-12(10)21-16-15(20)17(23)22(18(16)24)13-9-11(19)7-8-14(13)25-2/h3-9,21H,1-2H3. The minimum absolute atomic E-state index is 0.0167. The van der Waals surface area contributed by atoms with E-state index in [1.54, 1.807) is 18.2 Å². The maximum atomic E-state index is 12.8. The van der Waals surface area contributed by atoms with Gasteiger partial charge in [-0.25, -0.2) is 4.90 Å². The van der Waals surface area contributed by atoms with Gasteiger partial charge in [-0.05, 0) is 36.8 Å². The number of carbonyl (C=O) groups excluding carboxylic acids is 2. The molecule has 128 valence electrons. The van der Waals surface area contributed by atoms with Crippen molar-refractivity contribution >= 4 is 46.4 Å². The second-order valence-electron chi connectivity index (χ2n) is 5.39. The molecule has 0 aliphatic carbocycles. The number of hydrogen-bond donors (Lipinski definition) is 1. The Balaban J connectivity index is 2.00. The highest BCUT2D eigenvalue weighted by molar-refractivity contribution is 6.53. The van der Waals surface area contributed by atoms with Gasteiger partial charge in [0.1, 0.15) is 16.5 Å². The van der Waals surface area contributed by atoms with Gasteiger partial charge < -0.3 is 10.1 Å². The summed E-state index contributed by atoms with van der Waals surface area (Å²) in [6, 6.07) is 12.1. The third-order valence-electron chi connectivity index (χ3n) is 3.81. The average molecular weight is 377 g/mol. The number of aryl methyl sites for hydroxylation is 1. The lowest BCUT2D eigenvalue weighted by molar-refractivity contribution is -0.120. The van der Waals surface area contributed by atoms with E-state index in [0.29, 0.717) is 16.5 Å². The van der Waals surface area contributed by atoms with Gasteiger partial charge in [0.15, 0.2) is 0 Å². The molecule has 0 saturated heterocycles. The van der Waals surface area contributed by atoms with Gasteiger partial charge in [-0.2, -0.15) is 0 Å². The number of nitrogens with one attached hydrogen (secondary N) is 1. The van der Waals surface area contributed by atoms with E-state index < -0.39 is 11.8 Å². The van der Waals surface area contributed by atoms with E-state index >= 15 is 0 Å². The number of rotatable bonds is 4. The van der Waals surface area contributed by atoms with Crippen LogP contribution in [0.25, 0.3) is 0 Å². The molecule has 0 saturated carbocycles. The number of imide groups is 1. The molecule has 25 heavy (non-hydrogen) atoms. The van der Waals surface area contributed by atoms with Crippen molar-refractivity contribution in [1.29, 1.82) is 0 Å². The van der Waals surface area contributed by atoms with Crippen LogP contribution in [0.5, 0.6) is 5.75 Å². The summed E-state index contributed by atoms with van der Waals surface area (Å²) in [5.74, 6) is -0.866. The fraction of sp³-hybridized carbons (Fsp3) is 0.111. The van der Waals surface area contributed by atoms with E-state index in [9.17, 15) is 9.59 Å². The van der Waals surface area contributed by atoms with Gasteiger partial charge in [0, 0.05) is 10.7 Å². The number of ether oxygens (including phenoxy) is 1. The van der Waals surface area contributed by atoms with Crippen molar-refractivity contribution in [2.45, 2.75) is 6.92 Å². The van der Waals surface area contributed by atoms with Gasteiger partial charge in [0.25, 0.3) is 11.8 Å². The summed E-state index contributed by atoms with van der Waals surface area (Å²) in [5.41, 5.74) is 1.86. The molecule has 0 unspecified atom stereocenters. The Morgan fingerprint density at radius 3 is 2.44 bits per heavy atom. The van der Waals surface area contributed by atoms with Crippen LogP contribution < -0.4 is 15.0 Å². The molecule has 1 aliphatic rings. The quantitative estimate of drug-likeness (QED) is 0.816. The number of methoxy groups -OCH3 is 1. The van der Waals surface area contributed by atoms with Crippen molar-refractivity contribution in [2.75, 3.05) is 17.3 Å². The molecule has 0 radical (unpaired) electrons. The first-order valence-electron chi connectivity index (χ1n) is 7.38. The molecular formula is C18H14Cl2N2O3. The summed E-state index contributed by atoms with van der Waals surface area (Å²) < 4.78 is 5.23. The topological polar surface area (TPSA) is 58.6 Å². The average Bonchev–Trinajstić information content (AvgIpc) is 2.80. The molecule has 1 heterocycles. The molecule has 0 spiro atoms. The van der Waals surface area contributed by atoms with E-state index in [1.807, 2.05) is 25.1 Å². The lowest BCUT2D eigenvalue weighted by Crippen LogP contribution is -2.32. The highest BCUT2D eigenvalue weighted by Gasteiger charge is 2.40. The van der Waals surface area contributed by atoms with Crippen molar-refractivity contribution in [3.63, 3.8) is 0 Å². The second kappa shape index (κ2) is 6.78. The van der Waals surface area contributed by atoms with Crippen LogP contribution in [0.4, 0.5) is 11.4 Å². The van der Waals surface area contributed by atoms with Crippen LogP contribution in [-0.4, -0.2) is 18.9 Å². The zero-order chi connectivity index (χ0) is 18.1. The molecule has 0 bridgehead atoms. The lowest BCUT2D eigenvalue weighted by atomic mass is 10.2. The Kier molecular flexibility index (Phi) is 4.70. The third-order valence-corrected chi connectivity index (χ3v) is 4.40. The molecule has 2 aromatic carbocycles. The molecule has 0 atom stereocenters. The maximum absolute atomic E-state index is 12.8. The minimum atomic E-state index is -0.636. The second-order valence-corrected chi connectivity index (χ2v) is 6.21. The number of amides is 2. The van der Waals surface area contributed by atoms with E-state index in [4.69, 9.17) is 27.9 Å². The van der Waals surface area contributed by atoms with Gasteiger partial charge in [0.2, 0.25) is 0 Å². The predicted octanol–water partition coefficient (Wildman–Crippen LogP) is 4.09. The number of anilines is 2. The van der Waals surface area contributed by atoms with Crippen LogP contribution in [0.1, 0.15) is 5.56 Å². The number of hydrogen-bond acceptors (Lipinski definition) is 4. The molecule has 2 aromatic rings. The zero-order valence-corrected chi connectivity index (χ0v) is 15.0. The van der Waals surface area contributed by atoms with Crippen LogP contribution in [0.15, 0.2) is 53.2 Å². The number of nitrogens with zero attached hydrogens (tertiary/aromatic N) is 1. The van der Waals surface area contributed by atoms with Crippen LogP contribution in [-0.2, 0) is 9.59 Å². The van der Waals surface area contributed by atoms with Crippen LogP contribution >= 0.6 is 23.2 Å². The molecule has 2 amide bonds. The van der Waals surface area contributed by atoms with Gasteiger partial charge >= 0.3 is 0 Å². The van der Waals surface area contributed by atoms with E-state index in [-0.39, 0.29) is 16.4 Å². The van der Waals surface area contributed by atoms with E-state index in [1.165, 1.54) is 13.2 Å². The minimum Gasteiger partial charge on any atom is -0.495 e. The third kappa shape index (κ3) is 3.08. The number of carbonyl (C=O) groups is 2. The summed E-state index contributed by atoms with van der Waals surface area (Å²) >= 11 is 12.1. The molecule has 7 heteroatoms. The first-order chi connectivity index (χ1) is 11.9.